The van der Waals surface area contributed by atoms with Crippen molar-refractivity contribution in [3.8, 4) is 0 Å². The highest BCUT2D eigenvalue weighted by molar-refractivity contribution is 5.92. The third-order valence-corrected chi connectivity index (χ3v) is 6.31. The maximum Gasteiger partial charge on any atom is 0.276 e. The lowest BCUT2D eigenvalue weighted by Gasteiger charge is -2.34. The van der Waals surface area contributed by atoms with Gasteiger partial charge in [-0.15, -0.1) is 5.10 Å². The lowest BCUT2D eigenvalue weighted by atomic mass is 9.93. The van der Waals surface area contributed by atoms with Crippen LogP contribution in [0.15, 0.2) is 30.5 Å². The Hall–Kier alpha value is -2.21. The van der Waals surface area contributed by atoms with E-state index in [2.05, 4.69) is 46.8 Å². The Morgan fingerprint density at radius 3 is 2.83 bits per heavy atom. The second-order valence-electron chi connectivity index (χ2n) is 8.75. The van der Waals surface area contributed by atoms with Gasteiger partial charge in [-0.1, -0.05) is 54.3 Å². The number of carbonyl (C=O) groups is 1. The van der Waals surface area contributed by atoms with Crippen LogP contribution in [0.2, 0.25) is 0 Å². The lowest BCUT2D eigenvalue weighted by Crippen LogP contribution is -2.41. The summed E-state index contributed by atoms with van der Waals surface area (Å²) in [6, 6.07) is 8.76. The molecule has 2 fully saturated rings. The van der Waals surface area contributed by atoms with Crippen LogP contribution in [0, 0.1) is 12.8 Å². The predicted octanol–water partition coefficient (Wildman–Crippen LogP) is 3.56. The largest absolute Gasteiger partial charge is 0.330 e. The van der Waals surface area contributed by atoms with Gasteiger partial charge in [0.05, 0.1) is 6.20 Å². The second-order valence-corrected chi connectivity index (χ2v) is 8.75. The van der Waals surface area contributed by atoms with Gasteiger partial charge in [0.15, 0.2) is 5.69 Å². The van der Waals surface area contributed by atoms with Crippen LogP contribution in [0.25, 0.3) is 0 Å². The highest BCUT2D eigenvalue weighted by Gasteiger charge is 2.28. The molecule has 4 rings (SSSR count). The number of aromatic nitrogens is 3. The van der Waals surface area contributed by atoms with Crippen molar-refractivity contribution in [1.29, 1.82) is 0 Å². The van der Waals surface area contributed by atoms with Crippen molar-refractivity contribution in [2.24, 2.45) is 5.92 Å². The first kappa shape index (κ1) is 20.1. The summed E-state index contributed by atoms with van der Waals surface area (Å²) in [6.45, 7) is 5.69. The standard InChI is InChI=1S/C23H33N5O/c1-18-7-5-8-19(13-18)16-28(21-10-3-2-4-11-21)23(29)22-17-27(26-25-22)15-20-9-6-12-24-14-20/h5,7-8,13,17,20-21,24H,2-4,6,9-12,14-16H2,1H3. The molecule has 29 heavy (non-hydrogen) atoms. The summed E-state index contributed by atoms with van der Waals surface area (Å²) < 4.78 is 1.86. The monoisotopic (exact) mass is 395 g/mol. The summed E-state index contributed by atoms with van der Waals surface area (Å²) in [5.41, 5.74) is 2.89. The number of benzene rings is 1. The summed E-state index contributed by atoms with van der Waals surface area (Å²) in [5, 5.41) is 12.0. The molecule has 0 spiro atoms. The molecule has 1 unspecified atom stereocenters. The number of nitrogens with one attached hydrogen (secondary N) is 1. The topological polar surface area (TPSA) is 63.1 Å². The van der Waals surface area contributed by atoms with Crippen molar-refractivity contribution < 1.29 is 4.79 Å². The van der Waals surface area contributed by atoms with E-state index in [1.165, 1.54) is 43.2 Å². The summed E-state index contributed by atoms with van der Waals surface area (Å²) in [4.78, 5) is 15.5. The van der Waals surface area contributed by atoms with Crippen molar-refractivity contribution in [1.82, 2.24) is 25.2 Å². The Bertz CT molecular complexity index is 805. The highest BCUT2D eigenvalue weighted by atomic mass is 16.2. The van der Waals surface area contributed by atoms with Gasteiger partial charge in [-0.3, -0.25) is 9.48 Å². The van der Waals surface area contributed by atoms with Crippen LogP contribution in [-0.4, -0.2) is 44.9 Å². The molecule has 0 bridgehead atoms. The van der Waals surface area contributed by atoms with Crippen LogP contribution in [0.3, 0.4) is 0 Å². The van der Waals surface area contributed by atoms with E-state index in [1.54, 1.807) is 0 Å². The summed E-state index contributed by atoms with van der Waals surface area (Å²) in [6.07, 6.45) is 10.1. The van der Waals surface area contributed by atoms with Crippen LogP contribution in [0.5, 0.6) is 0 Å². The second kappa shape index (κ2) is 9.53. The number of nitrogens with zero attached hydrogens (tertiary/aromatic N) is 4. The zero-order valence-corrected chi connectivity index (χ0v) is 17.5. The minimum Gasteiger partial charge on any atom is -0.330 e. The van der Waals surface area contributed by atoms with E-state index in [0.717, 1.165) is 32.5 Å². The first-order valence-corrected chi connectivity index (χ1v) is 11.2. The van der Waals surface area contributed by atoms with E-state index in [1.807, 2.05) is 15.8 Å². The van der Waals surface area contributed by atoms with Gasteiger partial charge < -0.3 is 10.2 Å². The van der Waals surface area contributed by atoms with Gasteiger partial charge >= 0.3 is 0 Å². The average molecular weight is 396 g/mol. The molecule has 2 aliphatic rings. The van der Waals surface area contributed by atoms with Gasteiger partial charge in [-0.25, -0.2) is 0 Å². The lowest BCUT2D eigenvalue weighted by molar-refractivity contribution is 0.0608. The van der Waals surface area contributed by atoms with Crippen LogP contribution in [-0.2, 0) is 13.1 Å². The van der Waals surface area contributed by atoms with Crippen molar-refractivity contribution in [3.05, 3.63) is 47.3 Å². The fraction of sp³-hybridized carbons (Fsp3) is 0.609. The number of aryl methyl sites for hydroxylation is 1. The summed E-state index contributed by atoms with van der Waals surface area (Å²) >= 11 is 0. The Balaban J connectivity index is 1.49. The summed E-state index contributed by atoms with van der Waals surface area (Å²) in [7, 11) is 0. The van der Waals surface area contributed by atoms with Crippen LogP contribution in [0.1, 0.15) is 66.6 Å². The molecule has 156 valence electrons. The van der Waals surface area contributed by atoms with Gasteiger partial charge in [0, 0.05) is 19.1 Å². The van der Waals surface area contributed by atoms with E-state index in [0.29, 0.717) is 24.2 Å². The SMILES string of the molecule is Cc1cccc(CN(C(=O)c2cn(CC3CCCNC3)nn2)C2CCCCC2)c1. The molecule has 2 aromatic rings. The Morgan fingerprint density at radius 2 is 2.07 bits per heavy atom. The average Bonchev–Trinajstić information content (AvgIpc) is 3.21. The first-order valence-electron chi connectivity index (χ1n) is 11.2. The van der Waals surface area contributed by atoms with E-state index >= 15 is 0 Å². The molecule has 1 saturated heterocycles. The van der Waals surface area contributed by atoms with Crippen LogP contribution in [0.4, 0.5) is 0 Å². The molecule has 1 N–H and O–H groups in total. The number of amides is 1. The highest BCUT2D eigenvalue weighted by Crippen LogP contribution is 2.25. The van der Waals surface area contributed by atoms with Gasteiger partial charge in [0.25, 0.3) is 5.91 Å². The van der Waals surface area contributed by atoms with Crippen molar-refractivity contribution in [3.63, 3.8) is 0 Å². The first-order chi connectivity index (χ1) is 14.2. The van der Waals surface area contributed by atoms with Gasteiger partial charge in [-0.2, -0.15) is 0 Å². The van der Waals surface area contributed by atoms with Crippen LogP contribution >= 0.6 is 0 Å². The normalized spacial score (nSPS) is 20.5. The molecule has 1 aliphatic heterocycles. The molecular weight excluding hydrogens is 362 g/mol. The Morgan fingerprint density at radius 1 is 1.21 bits per heavy atom. The van der Waals surface area contributed by atoms with E-state index in [4.69, 9.17) is 0 Å². The smallest absolute Gasteiger partial charge is 0.276 e. The van der Waals surface area contributed by atoms with Crippen molar-refractivity contribution in [2.45, 2.75) is 71.0 Å². The molecule has 1 amide bonds. The molecule has 1 aliphatic carbocycles. The third-order valence-electron chi connectivity index (χ3n) is 6.31. The maximum absolute atomic E-state index is 13.4. The van der Waals surface area contributed by atoms with E-state index < -0.39 is 0 Å². The number of hydrogen-bond donors (Lipinski definition) is 1. The minimum atomic E-state index is 0.0198. The zero-order chi connectivity index (χ0) is 20.1. The van der Waals surface area contributed by atoms with Gasteiger partial charge in [0.1, 0.15) is 0 Å². The van der Waals surface area contributed by atoms with Gasteiger partial charge in [-0.05, 0) is 57.2 Å². The zero-order valence-electron chi connectivity index (χ0n) is 17.5. The van der Waals surface area contributed by atoms with Crippen molar-refractivity contribution in [2.75, 3.05) is 13.1 Å². The molecule has 6 heteroatoms. The number of carbonyl (C=O) groups excluding carboxylic acids is 1. The molecule has 0 radical (unpaired) electrons. The van der Waals surface area contributed by atoms with Crippen LogP contribution < -0.4 is 5.32 Å². The molecule has 1 aromatic carbocycles. The van der Waals surface area contributed by atoms with E-state index in [9.17, 15) is 4.79 Å². The van der Waals surface area contributed by atoms with E-state index in [-0.39, 0.29) is 5.91 Å². The Kier molecular flexibility index (Phi) is 6.60. The number of hydrogen-bond acceptors (Lipinski definition) is 4. The fourth-order valence-corrected chi connectivity index (χ4v) is 4.74. The maximum atomic E-state index is 13.4. The number of piperidine rings is 1. The fourth-order valence-electron chi connectivity index (χ4n) is 4.74. The Labute approximate surface area is 173 Å². The number of rotatable bonds is 6. The molecule has 1 aromatic heterocycles. The summed E-state index contributed by atoms with van der Waals surface area (Å²) in [5.74, 6) is 0.585. The van der Waals surface area contributed by atoms with Crippen molar-refractivity contribution >= 4 is 5.91 Å². The molecule has 1 atom stereocenters. The van der Waals surface area contributed by atoms with Gasteiger partial charge in [0.2, 0.25) is 0 Å². The molecule has 6 nitrogen and oxygen atoms in total. The minimum absolute atomic E-state index is 0.0198. The molecular formula is C23H33N5O. The molecule has 2 heterocycles. The molecule has 1 saturated carbocycles. The third kappa shape index (κ3) is 5.24. The predicted molar refractivity (Wildman–Crippen MR) is 114 cm³/mol. The quantitative estimate of drug-likeness (QED) is 0.812.